The van der Waals surface area contributed by atoms with Crippen molar-refractivity contribution in [3.8, 4) is 11.1 Å². The minimum absolute atomic E-state index is 0.756. The van der Waals surface area contributed by atoms with Gasteiger partial charge in [-0.2, -0.15) is 10.2 Å². The topological polar surface area (TPSA) is 67.4 Å². The molecule has 170 valence electrons. The summed E-state index contributed by atoms with van der Waals surface area (Å²) in [6, 6.07) is 14.6. The number of pyridine rings is 1. The van der Waals surface area contributed by atoms with Gasteiger partial charge in [-0.05, 0) is 11.6 Å². The molecule has 1 saturated heterocycles. The lowest BCUT2D eigenvalue weighted by atomic mass is 10.1. The molecule has 0 spiro atoms. The monoisotopic (exact) mass is 450 g/mol. The number of aryl methyl sites for hydroxylation is 1. The van der Waals surface area contributed by atoms with Crippen LogP contribution in [0.2, 0.25) is 0 Å². The number of benzene rings is 1. The average molecular weight is 451 g/mol. The summed E-state index contributed by atoms with van der Waals surface area (Å²) in [4.78, 5) is 14.0. The molecule has 6 rings (SSSR count). The number of hydrogen-bond donors (Lipinski definition) is 0. The second-order valence-electron chi connectivity index (χ2n) is 8.67. The molecule has 1 aromatic carbocycles. The molecule has 0 radical (unpaired) electrons. The predicted octanol–water partition coefficient (Wildman–Crippen LogP) is 3.44. The van der Waals surface area contributed by atoms with E-state index in [2.05, 4.69) is 60.4 Å². The van der Waals surface area contributed by atoms with Gasteiger partial charge in [-0.25, -0.2) is 14.5 Å². The molecule has 34 heavy (non-hydrogen) atoms. The Labute approximate surface area is 198 Å². The van der Waals surface area contributed by atoms with E-state index in [1.165, 1.54) is 11.3 Å². The molecule has 1 aliphatic heterocycles. The molecule has 8 nitrogen and oxygen atoms in total. The molecule has 0 unspecified atom stereocenters. The molecule has 1 fully saturated rings. The van der Waals surface area contributed by atoms with Gasteiger partial charge in [0.05, 0.1) is 41.7 Å². The normalized spacial score (nSPS) is 14.1. The number of rotatable bonds is 5. The van der Waals surface area contributed by atoms with Crippen LogP contribution in [-0.2, 0) is 13.5 Å². The Kier molecular flexibility index (Phi) is 5.18. The largest absolute Gasteiger partial charge is 0.365 e. The molecule has 5 heterocycles. The first-order valence-electron chi connectivity index (χ1n) is 11.5. The number of nitrogens with zero attached hydrogens (tertiary/aromatic N) is 8. The first-order chi connectivity index (χ1) is 16.7. The van der Waals surface area contributed by atoms with Gasteiger partial charge in [0.15, 0.2) is 0 Å². The van der Waals surface area contributed by atoms with Crippen LogP contribution in [0.25, 0.3) is 16.6 Å². The maximum atomic E-state index is 4.62. The van der Waals surface area contributed by atoms with E-state index in [1.54, 1.807) is 0 Å². The van der Waals surface area contributed by atoms with Crippen LogP contribution in [0.1, 0.15) is 11.4 Å². The molecular weight excluding hydrogens is 424 g/mol. The van der Waals surface area contributed by atoms with Gasteiger partial charge in [-0.15, -0.1) is 0 Å². The van der Waals surface area contributed by atoms with Crippen molar-refractivity contribution in [2.24, 2.45) is 7.05 Å². The van der Waals surface area contributed by atoms with Gasteiger partial charge in [0.2, 0.25) is 0 Å². The second kappa shape index (κ2) is 8.62. The molecular formula is C26H26N8. The van der Waals surface area contributed by atoms with Gasteiger partial charge < -0.3 is 9.80 Å². The predicted molar refractivity (Wildman–Crippen MR) is 133 cm³/mol. The Balaban J connectivity index is 1.12. The molecule has 5 aromatic rings. The minimum Gasteiger partial charge on any atom is -0.365 e. The third-order valence-corrected chi connectivity index (χ3v) is 6.42. The molecule has 4 aromatic heterocycles. The first-order valence-corrected chi connectivity index (χ1v) is 11.5. The van der Waals surface area contributed by atoms with E-state index < -0.39 is 0 Å². The van der Waals surface area contributed by atoms with E-state index in [-0.39, 0.29) is 0 Å². The van der Waals surface area contributed by atoms with Crippen LogP contribution >= 0.6 is 0 Å². The van der Waals surface area contributed by atoms with Crippen molar-refractivity contribution in [1.29, 1.82) is 0 Å². The molecule has 0 amide bonds. The lowest BCUT2D eigenvalue weighted by Gasteiger charge is -2.36. The highest BCUT2D eigenvalue weighted by atomic mass is 15.3. The quantitative estimate of drug-likeness (QED) is 0.409. The summed E-state index contributed by atoms with van der Waals surface area (Å²) in [6.45, 7) is 3.70. The number of hydrogen-bond acceptors (Lipinski definition) is 6. The Bertz CT molecular complexity index is 1400. The number of piperazine rings is 1. The zero-order chi connectivity index (χ0) is 22.9. The third kappa shape index (κ3) is 3.98. The summed E-state index contributed by atoms with van der Waals surface area (Å²) in [5, 5.41) is 8.89. The van der Waals surface area contributed by atoms with Crippen LogP contribution in [0.4, 0.5) is 11.4 Å². The van der Waals surface area contributed by atoms with E-state index in [4.69, 9.17) is 0 Å². The summed E-state index contributed by atoms with van der Waals surface area (Å²) in [5.41, 5.74) is 6.80. The second-order valence-corrected chi connectivity index (χ2v) is 8.67. The Hall–Kier alpha value is -4.20. The number of aromatic nitrogens is 6. The Morgan fingerprint density at radius 2 is 1.50 bits per heavy atom. The van der Waals surface area contributed by atoms with E-state index in [0.29, 0.717) is 0 Å². The fraction of sp³-hybridized carbons (Fsp3) is 0.231. The van der Waals surface area contributed by atoms with Gasteiger partial charge in [0.1, 0.15) is 5.82 Å². The van der Waals surface area contributed by atoms with Crippen molar-refractivity contribution in [2.75, 3.05) is 36.0 Å². The summed E-state index contributed by atoms with van der Waals surface area (Å²) in [7, 11) is 1.93. The highest BCUT2D eigenvalue weighted by Gasteiger charge is 2.21. The first kappa shape index (κ1) is 20.4. The van der Waals surface area contributed by atoms with Gasteiger partial charge in [-0.1, -0.05) is 36.4 Å². The van der Waals surface area contributed by atoms with Crippen LogP contribution in [0, 0.1) is 0 Å². The Morgan fingerprint density at radius 3 is 2.24 bits per heavy atom. The van der Waals surface area contributed by atoms with Crippen LogP contribution in [0.5, 0.6) is 0 Å². The van der Waals surface area contributed by atoms with Crippen LogP contribution in [-0.4, -0.2) is 55.5 Å². The maximum absolute atomic E-state index is 4.62. The fourth-order valence-electron chi connectivity index (χ4n) is 4.54. The van der Waals surface area contributed by atoms with E-state index >= 15 is 0 Å². The fourth-order valence-corrected chi connectivity index (χ4v) is 4.54. The lowest BCUT2D eigenvalue weighted by molar-refractivity contribution is 0.652. The van der Waals surface area contributed by atoms with Crippen molar-refractivity contribution in [3.05, 3.63) is 91.0 Å². The van der Waals surface area contributed by atoms with Gasteiger partial charge in [0, 0.05) is 63.2 Å². The summed E-state index contributed by atoms with van der Waals surface area (Å²) in [6.07, 6.45) is 12.6. The van der Waals surface area contributed by atoms with Crippen LogP contribution < -0.4 is 9.80 Å². The zero-order valence-corrected chi connectivity index (χ0v) is 19.1. The van der Waals surface area contributed by atoms with E-state index in [1.807, 2.05) is 65.4 Å². The van der Waals surface area contributed by atoms with Gasteiger partial charge in [-0.3, -0.25) is 4.68 Å². The highest BCUT2D eigenvalue weighted by molar-refractivity contribution is 5.75. The zero-order valence-electron chi connectivity index (χ0n) is 19.1. The van der Waals surface area contributed by atoms with Crippen molar-refractivity contribution >= 4 is 16.9 Å². The van der Waals surface area contributed by atoms with Gasteiger partial charge in [0.25, 0.3) is 0 Å². The Morgan fingerprint density at radius 1 is 0.735 bits per heavy atom. The highest BCUT2D eigenvalue weighted by Crippen LogP contribution is 2.27. The van der Waals surface area contributed by atoms with Crippen molar-refractivity contribution in [1.82, 2.24) is 29.4 Å². The summed E-state index contributed by atoms with van der Waals surface area (Å²) >= 11 is 0. The minimum atomic E-state index is 0.756. The molecule has 1 aliphatic rings. The summed E-state index contributed by atoms with van der Waals surface area (Å²) < 4.78 is 3.78. The molecule has 0 atom stereocenters. The standard InChI is InChI=1S/C26H26N8/c1-31-18-22(14-29-31)21-7-8-24-25(17-30-34(24)19-21)33-11-9-32(10-12-33)23-15-27-26(28-16-23)13-20-5-3-2-4-6-20/h2-8,14-19H,9-13H2,1H3. The van der Waals surface area contributed by atoms with E-state index in [9.17, 15) is 0 Å². The molecule has 0 bridgehead atoms. The average Bonchev–Trinajstić information content (AvgIpc) is 3.51. The van der Waals surface area contributed by atoms with E-state index in [0.717, 1.165) is 60.8 Å². The summed E-state index contributed by atoms with van der Waals surface area (Å²) in [5.74, 6) is 0.852. The van der Waals surface area contributed by atoms with Crippen molar-refractivity contribution in [2.45, 2.75) is 6.42 Å². The van der Waals surface area contributed by atoms with Crippen molar-refractivity contribution in [3.63, 3.8) is 0 Å². The maximum Gasteiger partial charge on any atom is 0.132 e. The molecule has 0 N–H and O–H groups in total. The van der Waals surface area contributed by atoms with Crippen molar-refractivity contribution < 1.29 is 0 Å². The SMILES string of the molecule is Cn1cc(-c2ccc3c(N4CCN(c5cnc(Cc6ccccc6)nc5)CC4)cnn3c2)cn1. The molecule has 8 heteroatoms. The van der Waals surface area contributed by atoms with Gasteiger partial charge >= 0.3 is 0 Å². The number of anilines is 2. The van der Waals surface area contributed by atoms with Crippen LogP contribution in [0.3, 0.4) is 0 Å². The molecule has 0 saturated carbocycles. The lowest BCUT2D eigenvalue weighted by Crippen LogP contribution is -2.46. The number of fused-ring (bicyclic) bond motifs is 1. The molecule has 0 aliphatic carbocycles. The smallest absolute Gasteiger partial charge is 0.132 e. The van der Waals surface area contributed by atoms with Crippen LogP contribution in [0.15, 0.2) is 79.6 Å². The third-order valence-electron chi connectivity index (χ3n) is 6.42.